The molecule has 0 atom stereocenters. The molecule has 0 fully saturated rings. The normalized spacial score (nSPS) is 11.4. The van der Waals surface area contributed by atoms with Crippen molar-refractivity contribution in [1.82, 2.24) is 0 Å². The Morgan fingerprint density at radius 1 is 1.07 bits per heavy atom. The molecule has 0 unspecified atom stereocenters. The van der Waals surface area contributed by atoms with E-state index in [0.717, 1.165) is 18.4 Å². The molecule has 0 heterocycles. The molecule has 2 aromatic rings. The first-order valence-corrected chi connectivity index (χ1v) is 11.3. The van der Waals surface area contributed by atoms with E-state index in [-0.39, 0.29) is 10.8 Å². The van der Waals surface area contributed by atoms with Crippen molar-refractivity contribution in [3.8, 4) is 11.5 Å². The summed E-state index contributed by atoms with van der Waals surface area (Å²) in [7, 11) is -2.19. The maximum Gasteiger partial charge on any atom is 0.248 e. The van der Waals surface area contributed by atoms with Crippen LogP contribution in [0.25, 0.3) is 6.08 Å². The minimum atomic E-state index is -3.76. The molecule has 3 N–H and O–H groups in total. The van der Waals surface area contributed by atoms with Crippen LogP contribution in [-0.4, -0.2) is 28.0 Å². The Morgan fingerprint density at radius 2 is 1.80 bits per heavy atom. The molecule has 162 valence electrons. The maximum absolute atomic E-state index is 12.1. The monoisotopic (exact) mass is 432 g/mol. The zero-order valence-electron chi connectivity index (χ0n) is 17.3. The lowest BCUT2D eigenvalue weighted by Crippen LogP contribution is -2.12. The van der Waals surface area contributed by atoms with Crippen LogP contribution in [0.5, 0.6) is 11.5 Å². The van der Waals surface area contributed by atoms with Gasteiger partial charge in [0.25, 0.3) is 0 Å². The van der Waals surface area contributed by atoms with Gasteiger partial charge in [0.2, 0.25) is 15.9 Å². The second-order valence-corrected chi connectivity index (χ2v) is 8.27. The summed E-state index contributed by atoms with van der Waals surface area (Å²) in [5, 5.41) is 7.71. The number of unbranched alkanes of at least 4 members (excludes halogenated alkanes) is 3. The predicted octanol–water partition coefficient (Wildman–Crippen LogP) is 3.95. The molecule has 0 saturated heterocycles. The van der Waals surface area contributed by atoms with Crippen LogP contribution in [0.1, 0.15) is 38.2 Å². The third-order valence-corrected chi connectivity index (χ3v) is 5.25. The molecule has 0 spiro atoms. The number of rotatable bonds is 11. The highest BCUT2D eigenvalue weighted by atomic mass is 32.2. The maximum atomic E-state index is 12.1. The summed E-state index contributed by atoms with van der Waals surface area (Å²) in [6.07, 6.45) is 7.55. The highest BCUT2D eigenvalue weighted by Gasteiger charge is 2.08. The van der Waals surface area contributed by atoms with Gasteiger partial charge in [0.15, 0.2) is 11.5 Å². The van der Waals surface area contributed by atoms with Gasteiger partial charge in [-0.05, 0) is 54.5 Å². The van der Waals surface area contributed by atoms with Crippen molar-refractivity contribution in [1.29, 1.82) is 0 Å². The Balaban J connectivity index is 1.95. The molecule has 2 aromatic carbocycles. The Hall–Kier alpha value is -2.84. The van der Waals surface area contributed by atoms with E-state index in [2.05, 4.69) is 12.2 Å². The molecule has 0 aromatic heterocycles. The second kappa shape index (κ2) is 11.4. The van der Waals surface area contributed by atoms with E-state index >= 15 is 0 Å². The lowest BCUT2D eigenvalue weighted by molar-refractivity contribution is -0.111. The summed E-state index contributed by atoms with van der Waals surface area (Å²) in [5.41, 5.74) is 1.24. The van der Waals surface area contributed by atoms with Gasteiger partial charge in [-0.2, -0.15) is 0 Å². The summed E-state index contributed by atoms with van der Waals surface area (Å²) in [6.45, 7) is 2.80. The molecular weight excluding hydrogens is 404 g/mol. The van der Waals surface area contributed by atoms with Gasteiger partial charge in [0.1, 0.15) is 0 Å². The van der Waals surface area contributed by atoms with E-state index in [9.17, 15) is 13.2 Å². The fraction of sp³-hybridized carbons (Fsp3) is 0.318. The van der Waals surface area contributed by atoms with Crippen LogP contribution >= 0.6 is 0 Å². The van der Waals surface area contributed by atoms with E-state index in [4.69, 9.17) is 14.6 Å². The van der Waals surface area contributed by atoms with E-state index in [1.54, 1.807) is 19.3 Å². The third-order valence-electron chi connectivity index (χ3n) is 4.32. The van der Waals surface area contributed by atoms with Crippen molar-refractivity contribution < 1.29 is 22.7 Å². The number of methoxy groups -OCH3 is 1. The van der Waals surface area contributed by atoms with Gasteiger partial charge in [-0.15, -0.1) is 0 Å². The molecule has 8 heteroatoms. The SMILES string of the molecule is CCCCCCOc1ccc(/C=C/C(=O)Nc2ccc(S(N)(=O)=O)cc2)cc1OC. The Labute approximate surface area is 177 Å². The Morgan fingerprint density at radius 3 is 2.43 bits per heavy atom. The van der Waals surface area contributed by atoms with Gasteiger partial charge in [0.05, 0.1) is 18.6 Å². The Kier molecular flexibility index (Phi) is 8.89. The first-order chi connectivity index (χ1) is 14.3. The number of amides is 1. The summed E-state index contributed by atoms with van der Waals surface area (Å²) < 4.78 is 33.7. The molecule has 1 amide bonds. The van der Waals surface area contributed by atoms with Crippen LogP contribution in [-0.2, 0) is 14.8 Å². The minimum absolute atomic E-state index is 0.0178. The van der Waals surface area contributed by atoms with Gasteiger partial charge >= 0.3 is 0 Å². The number of hydrogen-bond donors (Lipinski definition) is 2. The zero-order chi connectivity index (χ0) is 22.0. The average molecular weight is 433 g/mol. The number of hydrogen-bond acceptors (Lipinski definition) is 5. The number of nitrogens with two attached hydrogens (primary N) is 1. The van der Waals surface area contributed by atoms with Crippen molar-refractivity contribution in [2.75, 3.05) is 19.0 Å². The minimum Gasteiger partial charge on any atom is -0.493 e. The van der Waals surface area contributed by atoms with Crippen molar-refractivity contribution in [2.45, 2.75) is 37.5 Å². The molecule has 0 bridgehead atoms. The van der Waals surface area contributed by atoms with E-state index in [1.165, 1.54) is 43.2 Å². The topological polar surface area (TPSA) is 108 Å². The van der Waals surface area contributed by atoms with Crippen molar-refractivity contribution in [3.05, 3.63) is 54.1 Å². The molecule has 0 aliphatic rings. The number of anilines is 1. The average Bonchev–Trinajstić information content (AvgIpc) is 2.72. The standard InChI is InChI=1S/C22H28N2O5S/c1-3-4-5-6-15-29-20-13-7-17(16-21(20)28-2)8-14-22(25)24-18-9-11-19(12-10-18)30(23,26)27/h7-14,16H,3-6,15H2,1-2H3,(H,24,25)(H2,23,26,27)/b14-8+. The van der Waals surface area contributed by atoms with Gasteiger partial charge in [-0.3, -0.25) is 4.79 Å². The first-order valence-electron chi connectivity index (χ1n) is 9.76. The molecule has 0 aliphatic heterocycles. The molecule has 30 heavy (non-hydrogen) atoms. The van der Waals surface area contributed by atoms with Gasteiger partial charge in [-0.25, -0.2) is 13.6 Å². The molecule has 0 saturated carbocycles. The van der Waals surface area contributed by atoms with E-state index in [1.807, 2.05) is 12.1 Å². The Bertz CT molecular complexity index is 970. The lowest BCUT2D eigenvalue weighted by Gasteiger charge is -2.11. The number of carbonyl (C=O) groups excluding carboxylic acids is 1. The zero-order valence-corrected chi connectivity index (χ0v) is 18.1. The van der Waals surface area contributed by atoms with E-state index in [0.29, 0.717) is 23.8 Å². The van der Waals surface area contributed by atoms with Crippen molar-refractivity contribution in [3.63, 3.8) is 0 Å². The molecular formula is C22H28N2O5S. The molecule has 2 rings (SSSR count). The van der Waals surface area contributed by atoms with E-state index < -0.39 is 10.0 Å². The number of sulfonamides is 1. The van der Waals surface area contributed by atoms with Crippen LogP contribution < -0.4 is 19.9 Å². The number of nitrogens with one attached hydrogen (secondary N) is 1. The number of primary sulfonamides is 1. The molecule has 0 aliphatic carbocycles. The van der Waals surface area contributed by atoms with Gasteiger partial charge in [-0.1, -0.05) is 32.3 Å². The highest BCUT2D eigenvalue weighted by Crippen LogP contribution is 2.28. The van der Waals surface area contributed by atoms with Crippen molar-refractivity contribution >= 4 is 27.7 Å². The van der Waals surface area contributed by atoms with Crippen LogP contribution in [0.3, 0.4) is 0 Å². The summed E-state index contributed by atoms with van der Waals surface area (Å²) >= 11 is 0. The van der Waals surface area contributed by atoms with Crippen molar-refractivity contribution in [2.24, 2.45) is 5.14 Å². The van der Waals surface area contributed by atoms with Crippen LogP contribution in [0, 0.1) is 0 Å². The fourth-order valence-corrected chi connectivity index (χ4v) is 3.22. The van der Waals surface area contributed by atoms with Gasteiger partial charge in [0, 0.05) is 11.8 Å². The summed E-state index contributed by atoms with van der Waals surface area (Å²) in [6, 6.07) is 11.1. The lowest BCUT2D eigenvalue weighted by atomic mass is 10.2. The molecule has 7 nitrogen and oxygen atoms in total. The summed E-state index contributed by atoms with van der Waals surface area (Å²) in [4.78, 5) is 12.1. The van der Waals surface area contributed by atoms with Crippen LogP contribution in [0.15, 0.2) is 53.4 Å². The van der Waals surface area contributed by atoms with Crippen LogP contribution in [0.2, 0.25) is 0 Å². The second-order valence-electron chi connectivity index (χ2n) is 6.71. The number of ether oxygens (including phenoxy) is 2. The fourth-order valence-electron chi connectivity index (χ4n) is 2.70. The van der Waals surface area contributed by atoms with Crippen LogP contribution in [0.4, 0.5) is 5.69 Å². The smallest absolute Gasteiger partial charge is 0.248 e. The largest absolute Gasteiger partial charge is 0.493 e. The molecule has 0 radical (unpaired) electrons. The quantitative estimate of drug-likeness (QED) is 0.413. The third kappa shape index (κ3) is 7.53. The van der Waals surface area contributed by atoms with Gasteiger partial charge < -0.3 is 14.8 Å². The summed E-state index contributed by atoms with van der Waals surface area (Å²) in [5.74, 6) is 0.922. The highest BCUT2D eigenvalue weighted by molar-refractivity contribution is 7.89. The first kappa shape index (κ1) is 23.4. The number of benzene rings is 2. The number of carbonyl (C=O) groups is 1. The predicted molar refractivity (Wildman–Crippen MR) is 118 cm³/mol.